The maximum absolute atomic E-state index is 13.5. The van der Waals surface area contributed by atoms with E-state index in [-0.39, 0.29) is 19.1 Å². The summed E-state index contributed by atoms with van der Waals surface area (Å²) in [5.74, 6) is -3.79. The van der Waals surface area contributed by atoms with E-state index >= 15 is 0 Å². The molecule has 30 heavy (non-hydrogen) atoms. The number of hydrogen-bond donors (Lipinski definition) is 3. The highest BCUT2D eigenvalue weighted by Gasteiger charge is 2.70. The molecule has 4 aliphatic heterocycles. The Hall–Kier alpha value is -2.49. The summed E-state index contributed by atoms with van der Waals surface area (Å²) < 4.78 is 5.60. The lowest BCUT2D eigenvalue weighted by Crippen LogP contribution is -2.54. The number of nitrogens with zero attached hydrogens (tertiary/aromatic N) is 1. The molecule has 3 fully saturated rings. The third kappa shape index (κ3) is 2.55. The molecule has 0 bridgehead atoms. The maximum atomic E-state index is 13.5. The number of likely N-dealkylation sites (tertiary alicyclic amines) is 1. The molecule has 4 aliphatic rings. The molecule has 4 amide bonds. The van der Waals surface area contributed by atoms with Crippen LogP contribution in [-0.2, 0) is 29.5 Å². The van der Waals surface area contributed by atoms with Crippen LogP contribution in [0.2, 0.25) is 5.02 Å². The zero-order valence-electron chi connectivity index (χ0n) is 16.0. The molecule has 5 rings (SSSR count). The Morgan fingerprint density at radius 3 is 2.80 bits per heavy atom. The first kappa shape index (κ1) is 19.5. The van der Waals surface area contributed by atoms with Crippen LogP contribution in [0.15, 0.2) is 18.2 Å². The van der Waals surface area contributed by atoms with E-state index in [1.807, 2.05) is 0 Å². The van der Waals surface area contributed by atoms with Gasteiger partial charge >= 0.3 is 0 Å². The third-order valence-electron chi connectivity index (χ3n) is 6.62. The molecular formula is C20H21ClN4O5. The smallest absolute Gasteiger partial charge is 0.250 e. The summed E-state index contributed by atoms with van der Waals surface area (Å²) in [4.78, 5) is 52.9. The van der Waals surface area contributed by atoms with E-state index in [0.717, 1.165) is 12.8 Å². The van der Waals surface area contributed by atoms with Crippen molar-refractivity contribution < 1.29 is 23.9 Å². The molecule has 1 aromatic rings. The molecular weight excluding hydrogens is 412 g/mol. The molecule has 4 heterocycles. The van der Waals surface area contributed by atoms with Gasteiger partial charge in [0.1, 0.15) is 5.54 Å². The van der Waals surface area contributed by atoms with Gasteiger partial charge in [0.2, 0.25) is 23.6 Å². The molecule has 3 saturated heterocycles. The van der Waals surface area contributed by atoms with E-state index in [0.29, 0.717) is 22.9 Å². The molecule has 5 atom stereocenters. The maximum Gasteiger partial charge on any atom is 0.250 e. The van der Waals surface area contributed by atoms with Crippen molar-refractivity contribution in [2.24, 2.45) is 17.6 Å². The molecule has 158 valence electrons. The van der Waals surface area contributed by atoms with Gasteiger partial charge in [-0.25, -0.2) is 0 Å². The number of primary amides is 1. The van der Waals surface area contributed by atoms with Gasteiger partial charge in [-0.15, -0.1) is 0 Å². The monoisotopic (exact) mass is 432 g/mol. The van der Waals surface area contributed by atoms with Crippen LogP contribution in [0.3, 0.4) is 0 Å². The summed E-state index contributed by atoms with van der Waals surface area (Å²) in [7, 11) is 0. The summed E-state index contributed by atoms with van der Waals surface area (Å²) in [5, 5.41) is 6.22. The van der Waals surface area contributed by atoms with Gasteiger partial charge in [-0.2, -0.15) is 0 Å². The first-order chi connectivity index (χ1) is 14.3. The number of nitrogens with two attached hydrogens (primary N) is 1. The van der Waals surface area contributed by atoms with Crippen molar-refractivity contribution in [1.29, 1.82) is 0 Å². The number of amides is 4. The van der Waals surface area contributed by atoms with Crippen LogP contribution in [0, 0.1) is 11.8 Å². The van der Waals surface area contributed by atoms with Crippen molar-refractivity contribution in [3.05, 3.63) is 28.8 Å². The number of para-hydroxylation sites is 1. The second kappa shape index (κ2) is 6.76. The van der Waals surface area contributed by atoms with Gasteiger partial charge in [-0.1, -0.05) is 23.7 Å². The topological polar surface area (TPSA) is 131 Å². The normalized spacial score (nSPS) is 34.6. The quantitative estimate of drug-likeness (QED) is 0.579. The molecule has 4 N–H and O–H groups in total. The molecule has 0 aromatic heterocycles. The number of carbonyl (C=O) groups excluding carboxylic acids is 4. The standard InChI is InChI=1S/C20H21ClN4O5/c21-11-5-1-4-10-16(11)23-19(29)20(10)15-14(12(24-20)7-13(22)26)17(27)25(18(15)28)8-9-3-2-6-30-9/h1,4-5,9,12,14-15,24H,2-3,6-8H2,(H2,22,26)(H,23,29)/t9-,12-,14+,15+,20+/m0/s1. The second-order valence-corrected chi connectivity index (χ2v) is 8.68. The molecule has 0 radical (unpaired) electrons. The lowest BCUT2D eigenvalue weighted by molar-refractivity contribution is -0.144. The van der Waals surface area contributed by atoms with Crippen LogP contribution in [0.4, 0.5) is 5.69 Å². The molecule has 9 nitrogen and oxygen atoms in total. The SMILES string of the molecule is NC(=O)C[C@@H]1N[C@@]2(C(=O)Nc3c(Cl)cccc32)[C@H]2C(=O)N(C[C@@H]3CCCO3)C(=O)[C@H]12. The molecule has 10 heteroatoms. The van der Waals surface area contributed by atoms with E-state index in [2.05, 4.69) is 10.6 Å². The number of halogens is 1. The van der Waals surface area contributed by atoms with Gasteiger partial charge in [-0.05, 0) is 18.9 Å². The van der Waals surface area contributed by atoms with Gasteiger partial charge in [0, 0.05) is 24.6 Å². The predicted octanol–water partition coefficient (Wildman–Crippen LogP) is 0.115. The van der Waals surface area contributed by atoms with E-state index in [1.165, 1.54) is 4.90 Å². The van der Waals surface area contributed by atoms with E-state index in [4.69, 9.17) is 22.1 Å². The van der Waals surface area contributed by atoms with Crippen LogP contribution in [0.1, 0.15) is 24.8 Å². The van der Waals surface area contributed by atoms with E-state index in [1.54, 1.807) is 18.2 Å². The van der Waals surface area contributed by atoms with Gasteiger partial charge in [0.05, 0.1) is 35.2 Å². The molecule has 0 saturated carbocycles. The number of fused-ring (bicyclic) bond motifs is 4. The number of imide groups is 1. The van der Waals surface area contributed by atoms with Crippen molar-refractivity contribution in [2.45, 2.75) is 36.9 Å². The minimum absolute atomic E-state index is 0.147. The van der Waals surface area contributed by atoms with Crippen LogP contribution >= 0.6 is 11.6 Å². The van der Waals surface area contributed by atoms with Crippen molar-refractivity contribution >= 4 is 40.9 Å². The number of hydrogen-bond acceptors (Lipinski definition) is 6. The summed E-state index contributed by atoms with van der Waals surface area (Å²) in [6, 6.07) is 4.29. The fraction of sp³-hybridized carbons (Fsp3) is 0.500. The minimum Gasteiger partial charge on any atom is -0.376 e. The van der Waals surface area contributed by atoms with Crippen molar-refractivity contribution in [2.75, 3.05) is 18.5 Å². The lowest BCUT2D eigenvalue weighted by Gasteiger charge is -2.30. The zero-order valence-corrected chi connectivity index (χ0v) is 16.8. The lowest BCUT2D eigenvalue weighted by atomic mass is 9.76. The first-order valence-electron chi connectivity index (χ1n) is 9.98. The number of carbonyl (C=O) groups is 4. The number of rotatable bonds is 4. The number of benzene rings is 1. The molecule has 1 spiro atoms. The number of nitrogens with one attached hydrogen (secondary N) is 2. The Kier molecular flexibility index (Phi) is 4.39. The first-order valence-corrected chi connectivity index (χ1v) is 10.4. The van der Waals surface area contributed by atoms with Gasteiger partial charge < -0.3 is 15.8 Å². The van der Waals surface area contributed by atoms with Gasteiger partial charge in [0.25, 0.3) is 0 Å². The summed E-state index contributed by atoms with van der Waals surface area (Å²) in [6.45, 7) is 0.742. The highest BCUT2D eigenvalue weighted by Crippen LogP contribution is 2.54. The Bertz CT molecular complexity index is 978. The third-order valence-corrected chi connectivity index (χ3v) is 6.94. The highest BCUT2D eigenvalue weighted by atomic mass is 35.5. The van der Waals surface area contributed by atoms with Gasteiger partial charge in [0.15, 0.2) is 0 Å². The zero-order chi connectivity index (χ0) is 21.2. The summed E-state index contributed by atoms with van der Waals surface area (Å²) in [6.07, 6.45) is 1.25. The van der Waals surface area contributed by atoms with Crippen molar-refractivity contribution in [3.63, 3.8) is 0 Å². The fourth-order valence-electron chi connectivity index (χ4n) is 5.42. The van der Waals surface area contributed by atoms with Crippen LogP contribution in [0.5, 0.6) is 0 Å². The van der Waals surface area contributed by atoms with Crippen molar-refractivity contribution in [3.8, 4) is 0 Å². The Morgan fingerprint density at radius 2 is 2.10 bits per heavy atom. The average molecular weight is 433 g/mol. The Morgan fingerprint density at radius 1 is 1.30 bits per heavy atom. The largest absolute Gasteiger partial charge is 0.376 e. The Labute approximate surface area is 177 Å². The summed E-state index contributed by atoms with van der Waals surface area (Å²) in [5.41, 5.74) is 4.84. The minimum atomic E-state index is -1.48. The summed E-state index contributed by atoms with van der Waals surface area (Å²) >= 11 is 6.27. The van der Waals surface area contributed by atoms with Crippen molar-refractivity contribution in [1.82, 2.24) is 10.2 Å². The Balaban J connectivity index is 1.60. The van der Waals surface area contributed by atoms with Crippen LogP contribution in [-0.4, -0.2) is 53.8 Å². The fourth-order valence-corrected chi connectivity index (χ4v) is 5.64. The predicted molar refractivity (Wildman–Crippen MR) is 105 cm³/mol. The van der Waals surface area contributed by atoms with E-state index < -0.39 is 47.0 Å². The van der Waals surface area contributed by atoms with Crippen LogP contribution < -0.4 is 16.4 Å². The van der Waals surface area contributed by atoms with E-state index in [9.17, 15) is 19.2 Å². The molecule has 0 aliphatic carbocycles. The van der Waals surface area contributed by atoms with Crippen LogP contribution in [0.25, 0.3) is 0 Å². The average Bonchev–Trinajstić information content (AvgIpc) is 3.42. The molecule has 0 unspecified atom stereocenters. The highest BCUT2D eigenvalue weighted by molar-refractivity contribution is 6.35. The number of ether oxygens (including phenoxy) is 1. The molecule has 1 aromatic carbocycles. The second-order valence-electron chi connectivity index (χ2n) is 8.27. The number of anilines is 1. The van der Waals surface area contributed by atoms with Gasteiger partial charge in [-0.3, -0.25) is 29.4 Å².